The molecule has 1 aromatic rings. The quantitative estimate of drug-likeness (QED) is 0.517. The highest BCUT2D eigenvalue weighted by atomic mass is 32.2. The van der Waals surface area contributed by atoms with E-state index in [-0.39, 0.29) is 0 Å². The van der Waals surface area contributed by atoms with Gasteiger partial charge in [-0.05, 0) is 49.1 Å². The summed E-state index contributed by atoms with van der Waals surface area (Å²) in [6, 6.07) is 8.82. The van der Waals surface area contributed by atoms with Crippen LogP contribution in [0.5, 0.6) is 0 Å². The van der Waals surface area contributed by atoms with E-state index < -0.39 is 0 Å². The van der Waals surface area contributed by atoms with Gasteiger partial charge in [-0.1, -0.05) is 26.0 Å². The molecule has 0 radical (unpaired) electrons. The van der Waals surface area contributed by atoms with Crippen molar-refractivity contribution in [3.05, 3.63) is 29.8 Å². The molecule has 0 aliphatic heterocycles. The zero-order valence-corrected chi connectivity index (χ0v) is 11.8. The predicted octanol–water partition coefficient (Wildman–Crippen LogP) is 4.66. The number of benzene rings is 1. The second kappa shape index (κ2) is 7.54. The predicted molar refractivity (Wildman–Crippen MR) is 75.8 cm³/mol. The molecule has 0 saturated heterocycles. The molecule has 1 nitrogen and oxygen atoms in total. The molecular formula is C15H22OS. The lowest BCUT2D eigenvalue weighted by Crippen LogP contribution is -1.90. The van der Waals surface area contributed by atoms with Crippen LogP contribution >= 0.6 is 11.8 Å². The van der Waals surface area contributed by atoms with Crippen molar-refractivity contribution in [3.8, 4) is 0 Å². The number of carbonyl (C=O) groups excluding carboxylic acids is 1. The van der Waals surface area contributed by atoms with E-state index in [0.29, 0.717) is 11.7 Å². The monoisotopic (exact) mass is 250 g/mol. The summed E-state index contributed by atoms with van der Waals surface area (Å²) in [7, 11) is 0. The Labute approximate surface area is 109 Å². The maximum Gasteiger partial charge on any atom is 0.129 e. The van der Waals surface area contributed by atoms with E-state index in [2.05, 4.69) is 38.1 Å². The van der Waals surface area contributed by atoms with Crippen molar-refractivity contribution in [2.24, 2.45) is 0 Å². The highest BCUT2D eigenvalue weighted by molar-refractivity contribution is 7.99. The SMILES string of the molecule is CC(=O)CCCCSc1ccc(C(C)C)cc1. The molecule has 0 spiro atoms. The van der Waals surface area contributed by atoms with E-state index in [1.807, 2.05) is 11.8 Å². The van der Waals surface area contributed by atoms with Crippen molar-refractivity contribution in [1.29, 1.82) is 0 Å². The van der Waals surface area contributed by atoms with Crippen molar-refractivity contribution in [1.82, 2.24) is 0 Å². The molecule has 0 amide bonds. The number of rotatable bonds is 7. The molecule has 0 heterocycles. The standard InChI is InChI=1S/C15H22OS/c1-12(2)14-7-9-15(10-8-14)17-11-5-4-6-13(3)16/h7-10,12H,4-6,11H2,1-3H3. The Morgan fingerprint density at radius 1 is 1.18 bits per heavy atom. The van der Waals surface area contributed by atoms with Gasteiger partial charge in [0.05, 0.1) is 0 Å². The molecule has 2 heteroatoms. The minimum atomic E-state index is 0.302. The molecule has 0 aromatic heterocycles. The Bertz CT molecular complexity index is 340. The average Bonchev–Trinajstić information content (AvgIpc) is 2.29. The molecule has 0 N–H and O–H groups in total. The maximum atomic E-state index is 10.8. The first kappa shape index (κ1) is 14.3. The fourth-order valence-electron chi connectivity index (χ4n) is 1.61. The average molecular weight is 250 g/mol. The number of thioether (sulfide) groups is 1. The molecule has 0 unspecified atom stereocenters. The zero-order valence-electron chi connectivity index (χ0n) is 11.0. The van der Waals surface area contributed by atoms with Crippen LogP contribution in [-0.4, -0.2) is 11.5 Å². The van der Waals surface area contributed by atoms with Crippen molar-refractivity contribution >= 4 is 17.5 Å². The largest absolute Gasteiger partial charge is 0.300 e. The van der Waals surface area contributed by atoms with Crippen LogP contribution in [0.15, 0.2) is 29.2 Å². The lowest BCUT2D eigenvalue weighted by atomic mass is 10.0. The van der Waals surface area contributed by atoms with Crippen molar-refractivity contribution in [2.45, 2.75) is 50.8 Å². The number of ketones is 1. The summed E-state index contributed by atoms with van der Waals surface area (Å²) < 4.78 is 0. The van der Waals surface area contributed by atoms with Gasteiger partial charge in [0, 0.05) is 11.3 Å². The zero-order chi connectivity index (χ0) is 12.7. The third-order valence-corrected chi connectivity index (χ3v) is 3.84. The van der Waals surface area contributed by atoms with Gasteiger partial charge < -0.3 is 4.79 Å². The molecule has 0 saturated carbocycles. The van der Waals surface area contributed by atoms with Crippen LogP contribution in [0.25, 0.3) is 0 Å². The van der Waals surface area contributed by atoms with E-state index in [0.717, 1.165) is 25.0 Å². The van der Waals surface area contributed by atoms with Crippen LogP contribution in [0.4, 0.5) is 0 Å². The molecule has 1 aromatic carbocycles. The van der Waals surface area contributed by atoms with Crippen LogP contribution in [-0.2, 0) is 4.79 Å². The first-order valence-electron chi connectivity index (χ1n) is 6.32. The van der Waals surface area contributed by atoms with E-state index in [9.17, 15) is 4.79 Å². The second-order valence-corrected chi connectivity index (χ2v) is 5.90. The topological polar surface area (TPSA) is 17.1 Å². The van der Waals surface area contributed by atoms with Gasteiger partial charge >= 0.3 is 0 Å². The van der Waals surface area contributed by atoms with Crippen LogP contribution in [0.3, 0.4) is 0 Å². The fourth-order valence-corrected chi connectivity index (χ4v) is 2.53. The van der Waals surface area contributed by atoms with E-state index in [1.54, 1.807) is 6.92 Å². The van der Waals surface area contributed by atoms with Crippen LogP contribution in [0, 0.1) is 0 Å². The lowest BCUT2D eigenvalue weighted by Gasteiger charge is -2.06. The van der Waals surface area contributed by atoms with Gasteiger partial charge in [-0.15, -0.1) is 11.8 Å². The Kier molecular flexibility index (Phi) is 6.35. The van der Waals surface area contributed by atoms with Gasteiger partial charge in [0.15, 0.2) is 0 Å². The third kappa shape index (κ3) is 5.92. The van der Waals surface area contributed by atoms with E-state index in [4.69, 9.17) is 0 Å². The summed E-state index contributed by atoms with van der Waals surface area (Å²) in [4.78, 5) is 12.1. The smallest absolute Gasteiger partial charge is 0.129 e. The van der Waals surface area contributed by atoms with Crippen LogP contribution in [0.1, 0.15) is 51.5 Å². The fraction of sp³-hybridized carbons (Fsp3) is 0.533. The lowest BCUT2D eigenvalue weighted by molar-refractivity contribution is -0.117. The molecule has 0 atom stereocenters. The minimum Gasteiger partial charge on any atom is -0.300 e. The van der Waals surface area contributed by atoms with E-state index >= 15 is 0 Å². The summed E-state index contributed by atoms with van der Waals surface area (Å²) in [5.41, 5.74) is 1.39. The number of hydrogen-bond donors (Lipinski definition) is 0. The second-order valence-electron chi connectivity index (χ2n) is 4.73. The number of Topliss-reactive ketones (excluding diaryl/α,β-unsaturated/α-hetero) is 1. The highest BCUT2D eigenvalue weighted by Gasteiger charge is 1.99. The van der Waals surface area contributed by atoms with Gasteiger partial charge in [-0.3, -0.25) is 0 Å². The van der Waals surface area contributed by atoms with Gasteiger partial charge in [-0.2, -0.15) is 0 Å². The van der Waals surface area contributed by atoms with Gasteiger partial charge in [0.2, 0.25) is 0 Å². The first-order chi connectivity index (χ1) is 8.09. The van der Waals surface area contributed by atoms with Crippen molar-refractivity contribution in [3.63, 3.8) is 0 Å². The summed E-state index contributed by atoms with van der Waals surface area (Å²) in [5, 5.41) is 0. The number of unbranched alkanes of at least 4 members (excludes halogenated alkanes) is 1. The maximum absolute atomic E-state index is 10.8. The Morgan fingerprint density at radius 3 is 2.35 bits per heavy atom. The van der Waals surface area contributed by atoms with Crippen LogP contribution in [0.2, 0.25) is 0 Å². The summed E-state index contributed by atoms with van der Waals surface area (Å²) in [6.07, 6.45) is 2.87. The molecule has 1 rings (SSSR count). The molecule has 0 aliphatic carbocycles. The Morgan fingerprint density at radius 2 is 1.82 bits per heavy atom. The van der Waals surface area contributed by atoms with E-state index in [1.165, 1.54) is 10.5 Å². The first-order valence-corrected chi connectivity index (χ1v) is 7.30. The van der Waals surface area contributed by atoms with Crippen molar-refractivity contribution in [2.75, 3.05) is 5.75 Å². The normalized spacial score (nSPS) is 10.8. The molecule has 0 fully saturated rings. The summed E-state index contributed by atoms with van der Waals surface area (Å²) in [6.45, 7) is 6.09. The van der Waals surface area contributed by atoms with Crippen LogP contribution < -0.4 is 0 Å². The highest BCUT2D eigenvalue weighted by Crippen LogP contribution is 2.22. The third-order valence-electron chi connectivity index (χ3n) is 2.74. The van der Waals surface area contributed by atoms with Gasteiger partial charge in [0.1, 0.15) is 5.78 Å². The molecule has 17 heavy (non-hydrogen) atoms. The number of hydrogen-bond acceptors (Lipinski definition) is 2. The molecule has 0 aliphatic rings. The molecule has 0 bridgehead atoms. The van der Waals surface area contributed by atoms with Crippen molar-refractivity contribution < 1.29 is 4.79 Å². The Hall–Kier alpha value is -0.760. The van der Waals surface area contributed by atoms with Gasteiger partial charge in [-0.25, -0.2) is 0 Å². The molecular weight excluding hydrogens is 228 g/mol. The summed E-state index contributed by atoms with van der Waals surface area (Å²) >= 11 is 1.88. The summed E-state index contributed by atoms with van der Waals surface area (Å²) in [5.74, 6) is 2.01. The van der Waals surface area contributed by atoms with Gasteiger partial charge in [0.25, 0.3) is 0 Å². The Balaban J connectivity index is 2.25. The molecule has 94 valence electrons. The number of carbonyl (C=O) groups is 1. The minimum absolute atomic E-state index is 0.302.